The van der Waals surface area contributed by atoms with Gasteiger partial charge in [-0.2, -0.15) is 0 Å². The zero-order valence-electron chi connectivity index (χ0n) is 8.79. The fourth-order valence-electron chi connectivity index (χ4n) is 2.13. The Kier molecular flexibility index (Phi) is 2.04. The lowest BCUT2D eigenvalue weighted by Crippen LogP contribution is -2.24. The summed E-state index contributed by atoms with van der Waals surface area (Å²) in [6.07, 6.45) is 1.20. The Bertz CT molecular complexity index is 450. The number of rotatable bonds is 1. The average molecular weight is 218 g/mol. The largest absolute Gasteiger partial charge is 0.316 e. The van der Waals surface area contributed by atoms with Crippen LogP contribution >= 0.6 is 11.3 Å². The molecule has 0 radical (unpaired) electrons. The van der Waals surface area contributed by atoms with Gasteiger partial charge < -0.3 is 5.32 Å². The summed E-state index contributed by atoms with van der Waals surface area (Å²) in [5, 5.41) is 4.71. The number of thiazole rings is 1. The van der Waals surface area contributed by atoms with Crippen LogP contribution in [0.15, 0.2) is 24.3 Å². The molecule has 1 aliphatic heterocycles. The molecule has 1 unspecified atom stereocenters. The van der Waals surface area contributed by atoms with Crippen molar-refractivity contribution in [2.45, 2.75) is 18.8 Å². The number of para-hydroxylation sites is 1. The van der Waals surface area contributed by atoms with Gasteiger partial charge in [0.1, 0.15) is 5.01 Å². The summed E-state index contributed by atoms with van der Waals surface area (Å²) < 4.78 is 1.31. The second kappa shape index (κ2) is 3.29. The fraction of sp³-hybridized carbons (Fsp3) is 0.417. The van der Waals surface area contributed by atoms with Crippen molar-refractivity contribution < 1.29 is 0 Å². The van der Waals surface area contributed by atoms with E-state index in [9.17, 15) is 0 Å². The lowest BCUT2D eigenvalue weighted by molar-refractivity contribution is 0.523. The van der Waals surface area contributed by atoms with Crippen molar-refractivity contribution in [2.24, 2.45) is 0 Å². The lowest BCUT2D eigenvalue weighted by Gasteiger charge is -2.18. The van der Waals surface area contributed by atoms with Gasteiger partial charge in [0.15, 0.2) is 0 Å². The molecule has 1 saturated heterocycles. The summed E-state index contributed by atoms with van der Waals surface area (Å²) in [7, 11) is 0. The number of fused-ring (bicyclic) bond motifs is 1. The van der Waals surface area contributed by atoms with E-state index >= 15 is 0 Å². The van der Waals surface area contributed by atoms with E-state index in [0.717, 1.165) is 18.6 Å². The number of nitrogens with zero attached hydrogens (tertiary/aromatic N) is 1. The molecule has 0 spiro atoms. The highest BCUT2D eigenvalue weighted by Gasteiger charge is 2.33. The minimum absolute atomic E-state index is 0.254. The summed E-state index contributed by atoms with van der Waals surface area (Å²) >= 11 is 1.84. The van der Waals surface area contributed by atoms with Crippen molar-refractivity contribution >= 4 is 21.6 Å². The molecule has 3 rings (SSSR count). The van der Waals surface area contributed by atoms with Gasteiger partial charge in [-0.25, -0.2) is 4.98 Å². The number of aromatic nitrogens is 1. The van der Waals surface area contributed by atoms with Crippen LogP contribution in [0.2, 0.25) is 0 Å². The van der Waals surface area contributed by atoms with Crippen LogP contribution < -0.4 is 5.32 Å². The van der Waals surface area contributed by atoms with E-state index in [4.69, 9.17) is 4.98 Å². The van der Waals surface area contributed by atoms with Gasteiger partial charge in [-0.3, -0.25) is 0 Å². The molecular formula is C12H14N2S. The third-order valence-corrected chi connectivity index (χ3v) is 4.52. The monoisotopic (exact) mass is 218 g/mol. The molecule has 2 heterocycles. The van der Waals surface area contributed by atoms with Crippen LogP contribution in [0, 0.1) is 0 Å². The summed E-state index contributed by atoms with van der Waals surface area (Å²) in [4.78, 5) is 4.74. The third-order valence-electron chi connectivity index (χ3n) is 3.18. The molecule has 2 aromatic rings. The number of benzene rings is 1. The maximum atomic E-state index is 4.74. The van der Waals surface area contributed by atoms with E-state index in [-0.39, 0.29) is 5.41 Å². The Morgan fingerprint density at radius 2 is 2.27 bits per heavy atom. The van der Waals surface area contributed by atoms with E-state index in [1.807, 2.05) is 11.3 Å². The molecule has 1 aromatic heterocycles. The highest BCUT2D eigenvalue weighted by Crippen LogP contribution is 2.35. The van der Waals surface area contributed by atoms with Crippen molar-refractivity contribution in [2.75, 3.05) is 13.1 Å². The molecule has 0 bridgehead atoms. The van der Waals surface area contributed by atoms with Crippen LogP contribution in [0.3, 0.4) is 0 Å². The van der Waals surface area contributed by atoms with Gasteiger partial charge >= 0.3 is 0 Å². The Balaban J connectivity index is 2.11. The van der Waals surface area contributed by atoms with Gasteiger partial charge in [-0.15, -0.1) is 11.3 Å². The lowest BCUT2D eigenvalue weighted by atomic mass is 9.91. The van der Waals surface area contributed by atoms with Crippen molar-refractivity contribution in [1.82, 2.24) is 10.3 Å². The first kappa shape index (κ1) is 9.31. The summed E-state index contributed by atoms with van der Waals surface area (Å²) in [5.41, 5.74) is 1.40. The second-order valence-corrected chi connectivity index (χ2v) is 5.50. The molecule has 78 valence electrons. The van der Waals surface area contributed by atoms with Crippen molar-refractivity contribution in [3.63, 3.8) is 0 Å². The predicted molar refractivity (Wildman–Crippen MR) is 64.5 cm³/mol. The predicted octanol–water partition coefficient (Wildman–Crippen LogP) is 2.55. The topological polar surface area (TPSA) is 24.9 Å². The molecular weight excluding hydrogens is 204 g/mol. The molecule has 0 saturated carbocycles. The Labute approximate surface area is 93.3 Å². The highest BCUT2D eigenvalue weighted by molar-refractivity contribution is 7.18. The number of nitrogens with one attached hydrogen (secondary N) is 1. The highest BCUT2D eigenvalue weighted by atomic mass is 32.1. The van der Waals surface area contributed by atoms with Crippen molar-refractivity contribution in [3.8, 4) is 0 Å². The molecule has 1 N–H and O–H groups in total. The Morgan fingerprint density at radius 1 is 1.40 bits per heavy atom. The standard InChI is InChI=1S/C12H14N2S/c1-12(6-7-13-8-12)11-14-9-4-2-3-5-10(9)15-11/h2-5,13H,6-8H2,1H3. The molecule has 0 aliphatic carbocycles. The van der Waals surface area contributed by atoms with Gasteiger partial charge in [-0.05, 0) is 25.1 Å². The molecule has 1 fully saturated rings. The zero-order valence-corrected chi connectivity index (χ0v) is 9.60. The van der Waals surface area contributed by atoms with Gasteiger partial charge in [0.25, 0.3) is 0 Å². The SMILES string of the molecule is CC1(c2nc3ccccc3s2)CCNC1. The number of hydrogen-bond acceptors (Lipinski definition) is 3. The maximum absolute atomic E-state index is 4.74. The molecule has 15 heavy (non-hydrogen) atoms. The number of hydrogen-bond donors (Lipinski definition) is 1. The summed E-state index contributed by atoms with van der Waals surface area (Å²) in [5.74, 6) is 0. The van der Waals surface area contributed by atoms with E-state index in [2.05, 4.69) is 36.5 Å². The molecule has 2 nitrogen and oxygen atoms in total. The van der Waals surface area contributed by atoms with E-state index < -0.39 is 0 Å². The van der Waals surface area contributed by atoms with Gasteiger partial charge in [-0.1, -0.05) is 19.1 Å². The third kappa shape index (κ3) is 1.46. The van der Waals surface area contributed by atoms with Crippen LogP contribution in [0.4, 0.5) is 0 Å². The molecule has 3 heteroatoms. The molecule has 1 atom stereocenters. The van der Waals surface area contributed by atoms with Crippen LogP contribution in [0.1, 0.15) is 18.4 Å². The van der Waals surface area contributed by atoms with Crippen LogP contribution in [-0.4, -0.2) is 18.1 Å². The van der Waals surface area contributed by atoms with Gasteiger partial charge in [0.2, 0.25) is 0 Å². The minimum Gasteiger partial charge on any atom is -0.316 e. The second-order valence-electron chi connectivity index (χ2n) is 4.47. The van der Waals surface area contributed by atoms with Gasteiger partial charge in [0, 0.05) is 12.0 Å². The Hall–Kier alpha value is -0.930. The molecule has 1 aromatic carbocycles. The van der Waals surface area contributed by atoms with Crippen LogP contribution in [0.5, 0.6) is 0 Å². The van der Waals surface area contributed by atoms with Crippen molar-refractivity contribution in [3.05, 3.63) is 29.3 Å². The first-order valence-corrected chi connectivity index (χ1v) is 6.16. The normalized spacial score (nSPS) is 26.2. The van der Waals surface area contributed by atoms with Crippen LogP contribution in [-0.2, 0) is 5.41 Å². The van der Waals surface area contributed by atoms with Crippen LogP contribution in [0.25, 0.3) is 10.2 Å². The maximum Gasteiger partial charge on any atom is 0.101 e. The van der Waals surface area contributed by atoms with Gasteiger partial charge in [0.05, 0.1) is 10.2 Å². The smallest absolute Gasteiger partial charge is 0.101 e. The summed E-state index contributed by atoms with van der Waals surface area (Å²) in [6, 6.07) is 8.39. The Morgan fingerprint density at radius 3 is 3.00 bits per heavy atom. The molecule has 0 amide bonds. The average Bonchev–Trinajstić information content (AvgIpc) is 2.84. The quantitative estimate of drug-likeness (QED) is 0.795. The van der Waals surface area contributed by atoms with E-state index in [1.165, 1.54) is 16.1 Å². The van der Waals surface area contributed by atoms with E-state index in [1.54, 1.807) is 0 Å². The summed E-state index contributed by atoms with van der Waals surface area (Å²) in [6.45, 7) is 4.49. The first-order chi connectivity index (χ1) is 7.28. The molecule has 1 aliphatic rings. The minimum atomic E-state index is 0.254. The fourth-order valence-corrected chi connectivity index (χ4v) is 3.27. The van der Waals surface area contributed by atoms with E-state index in [0.29, 0.717) is 0 Å². The zero-order chi connectivity index (χ0) is 10.3. The van der Waals surface area contributed by atoms with Crippen molar-refractivity contribution in [1.29, 1.82) is 0 Å². The first-order valence-electron chi connectivity index (χ1n) is 5.35.